The molecular weight excluding hydrogens is 138 g/mol. The van der Waals surface area contributed by atoms with Crippen molar-refractivity contribution >= 4 is 0 Å². The van der Waals surface area contributed by atoms with Crippen LogP contribution in [0, 0.1) is 18.3 Å². The lowest BCUT2D eigenvalue weighted by molar-refractivity contribution is -0.0575. The lowest BCUT2D eigenvalue weighted by Gasteiger charge is -2.34. The first kappa shape index (κ1) is 7.15. The Labute approximate surface area is 67.5 Å². The van der Waals surface area contributed by atoms with Crippen molar-refractivity contribution in [2.75, 3.05) is 26.3 Å². The maximum absolute atomic E-state index is 5.35. The summed E-state index contributed by atoms with van der Waals surface area (Å²) in [5.41, 5.74) is 0. The third-order valence-electron chi connectivity index (χ3n) is 2.59. The summed E-state index contributed by atoms with van der Waals surface area (Å²) in [6.45, 7) is 4.09. The van der Waals surface area contributed by atoms with Crippen molar-refractivity contribution in [3.05, 3.63) is 0 Å². The highest BCUT2D eigenvalue weighted by atomic mass is 16.5. The van der Waals surface area contributed by atoms with Gasteiger partial charge in [0.1, 0.15) is 0 Å². The van der Waals surface area contributed by atoms with E-state index in [1.807, 2.05) is 0 Å². The van der Waals surface area contributed by atoms with Gasteiger partial charge in [-0.25, -0.2) is 0 Å². The second kappa shape index (κ2) is 2.84. The third-order valence-corrected chi connectivity index (χ3v) is 2.59. The summed E-state index contributed by atoms with van der Waals surface area (Å²) in [4.78, 5) is 2.45. The van der Waals surface area contributed by atoms with Crippen LogP contribution < -0.4 is 0 Å². The van der Waals surface area contributed by atoms with Gasteiger partial charge < -0.3 is 4.74 Å². The molecule has 0 aliphatic carbocycles. The standard InChI is InChI=1S/C9H13NO/c1-2-8-3-4-10(5-8)9-6-11-7-9/h1,8-9H,3-7H2. The van der Waals surface area contributed by atoms with Gasteiger partial charge in [-0.2, -0.15) is 0 Å². The van der Waals surface area contributed by atoms with Crippen molar-refractivity contribution in [3.8, 4) is 12.3 Å². The minimum Gasteiger partial charge on any atom is -0.378 e. The molecule has 11 heavy (non-hydrogen) atoms. The van der Waals surface area contributed by atoms with Gasteiger partial charge in [0.05, 0.1) is 19.3 Å². The first-order valence-corrected chi connectivity index (χ1v) is 4.18. The number of terminal acetylenes is 1. The number of nitrogens with zero attached hydrogens (tertiary/aromatic N) is 1. The van der Waals surface area contributed by atoms with Crippen LogP contribution in [0.25, 0.3) is 0 Å². The van der Waals surface area contributed by atoms with Crippen LogP contribution in [-0.4, -0.2) is 37.2 Å². The molecule has 0 aromatic heterocycles. The Morgan fingerprint density at radius 1 is 1.45 bits per heavy atom. The van der Waals surface area contributed by atoms with Crippen LogP contribution in [0.2, 0.25) is 0 Å². The van der Waals surface area contributed by atoms with E-state index in [2.05, 4.69) is 10.8 Å². The van der Waals surface area contributed by atoms with Gasteiger partial charge in [-0.3, -0.25) is 4.90 Å². The molecule has 2 saturated heterocycles. The first-order chi connectivity index (χ1) is 5.40. The molecule has 1 atom stereocenters. The summed E-state index contributed by atoms with van der Waals surface area (Å²) in [6.07, 6.45) is 6.52. The summed E-state index contributed by atoms with van der Waals surface area (Å²) < 4.78 is 5.12. The maximum Gasteiger partial charge on any atom is 0.0645 e. The molecule has 0 spiro atoms. The zero-order chi connectivity index (χ0) is 7.68. The van der Waals surface area contributed by atoms with E-state index < -0.39 is 0 Å². The molecule has 2 aliphatic rings. The molecule has 2 fully saturated rings. The molecule has 0 radical (unpaired) electrons. The zero-order valence-electron chi connectivity index (χ0n) is 6.62. The van der Waals surface area contributed by atoms with Gasteiger partial charge in [0.25, 0.3) is 0 Å². The van der Waals surface area contributed by atoms with Crippen LogP contribution in [0.1, 0.15) is 6.42 Å². The molecule has 2 nitrogen and oxygen atoms in total. The van der Waals surface area contributed by atoms with Crippen LogP contribution in [0.4, 0.5) is 0 Å². The van der Waals surface area contributed by atoms with Gasteiger partial charge in [0, 0.05) is 12.5 Å². The van der Waals surface area contributed by atoms with Crippen LogP contribution >= 0.6 is 0 Å². The number of likely N-dealkylation sites (tertiary alicyclic amines) is 1. The molecule has 2 heterocycles. The fourth-order valence-corrected chi connectivity index (χ4v) is 1.69. The summed E-state index contributed by atoms with van der Waals surface area (Å²) in [5.74, 6) is 3.31. The molecule has 0 N–H and O–H groups in total. The third kappa shape index (κ3) is 1.26. The lowest BCUT2D eigenvalue weighted by atomic mass is 10.1. The normalized spacial score (nSPS) is 33.2. The van der Waals surface area contributed by atoms with E-state index in [1.54, 1.807) is 0 Å². The fourth-order valence-electron chi connectivity index (χ4n) is 1.69. The van der Waals surface area contributed by atoms with E-state index in [1.165, 1.54) is 13.0 Å². The molecule has 0 aromatic rings. The van der Waals surface area contributed by atoms with Crippen molar-refractivity contribution in [2.24, 2.45) is 5.92 Å². The second-order valence-corrected chi connectivity index (χ2v) is 3.34. The highest BCUT2D eigenvalue weighted by molar-refractivity contribution is 4.99. The Balaban J connectivity index is 1.84. The minimum atomic E-state index is 0.496. The van der Waals surface area contributed by atoms with Gasteiger partial charge >= 0.3 is 0 Å². The van der Waals surface area contributed by atoms with Crippen LogP contribution in [0.5, 0.6) is 0 Å². The number of hydrogen-bond acceptors (Lipinski definition) is 2. The topological polar surface area (TPSA) is 12.5 Å². The van der Waals surface area contributed by atoms with Gasteiger partial charge in [-0.05, 0) is 13.0 Å². The molecule has 0 bridgehead atoms. The largest absolute Gasteiger partial charge is 0.378 e. The van der Waals surface area contributed by atoms with Crippen LogP contribution in [-0.2, 0) is 4.74 Å². The molecular formula is C9H13NO. The Morgan fingerprint density at radius 2 is 2.27 bits per heavy atom. The summed E-state index contributed by atoms with van der Waals surface area (Å²) >= 11 is 0. The van der Waals surface area contributed by atoms with Gasteiger partial charge in [-0.1, -0.05) is 0 Å². The lowest BCUT2D eigenvalue weighted by Crippen LogP contribution is -2.47. The first-order valence-electron chi connectivity index (χ1n) is 4.18. The molecule has 0 saturated carbocycles. The SMILES string of the molecule is C#CC1CCN(C2COC2)C1. The Morgan fingerprint density at radius 3 is 2.73 bits per heavy atom. The average molecular weight is 151 g/mol. The van der Waals surface area contributed by atoms with Gasteiger partial charge in [0.2, 0.25) is 0 Å². The maximum atomic E-state index is 5.35. The van der Waals surface area contributed by atoms with E-state index >= 15 is 0 Å². The predicted molar refractivity (Wildman–Crippen MR) is 43.1 cm³/mol. The van der Waals surface area contributed by atoms with E-state index in [4.69, 9.17) is 11.2 Å². The average Bonchev–Trinajstić information content (AvgIpc) is 2.32. The van der Waals surface area contributed by atoms with Crippen molar-refractivity contribution < 1.29 is 4.74 Å². The Hall–Kier alpha value is -0.520. The van der Waals surface area contributed by atoms with Crippen molar-refractivity contribution in [1.29, 1.82) is 0 Å². The molecule has 1 unspecified atom stereocenters. The number of rotatable bonds is 1. The molecule has 2 aliphatic heterocycles. The van der Waals surface area contributed by atoms with E-state index in [9.17, 15) is 0 Å². The van der Waals surface area contributed by atoms with Crippen molar-refractivity contribution in [1.82, 2.24) is 4.90 Å². The van der Waals surface area contributed by atoms with E-state index in [0.717, 1.165) is 19.8 Å². The minimum absolute atomic E-state index is 0.496. The summed E-state index contributed by atoms with van der Waals surface area (Å²) in [5, 5.41) is 0. The highest BCUT2D eigenvalue weighted by Gasteiger charge is 2.31. The van der Waals surface area contributed by atoms with Crippen LogP contribution in [0.3, 0.4) is 0 Å². The van der Waals surface area contributed by atoms with E-state index in [-0.39, 0.29) is 0 Å². The summed E-state index contributed by atoms with van der Waals surface area (Å²) in [7, 11) is 0. The van der Waals surface area contributed by atoms with Crippen molar-refractivity contribution in [3.63, 3.8) is 0 Å². The second-order valence-electron chi connectivity index (χ2n) is 3.34. The molecule has 60 valence electrons. The van der Waals surface area contributed by atoms with E-state index in [0.29, 0.717) is 12.0 Å². The van der Waals surface area contributed by atoms with Gasteiger partial charge in [-0.15, -0.1) is 12.3 Å². The molecule has 2 rings (SSSR count). The molecule has 0 amide bonds. The molecule has 2 heteroatoms. The Kier molecular flexibility index (Phi) is 1.85. The summed E-state index contributed by atoms with van der Waals surface area (Å²) in [6, 6.07) is 0.674. The predicted octanol–water partition coefficient (Wildman–Crippen LogP) is 0.340. The van der Waals surface area contributed by atoms with Gasteiger partial charge in [0.15, 0.2) is 0 Å². The Bertz CT molecular complexity index is 180. The monoisotopic (exact) mass is 151 g/mol. The molecule has 0 aromatic carbocycles. The van der Waals surface area contributed by atoms with Crippen molar-refractivity contribution in [2.45, 2.75) is 12.5 Å². The quantitative estimate of drug-likeness (QED) is 0.501. The number of ether oxygens (including phenoxy) is 1. The van der Waals surface area contributed by atoms with Crippen LogP contribution in [0.15, 0.2) is 0 Å². The smallest absolute Gasteiger partial charge is 0.0645 e. The zero-order valence-corrected chi connectivity index (χ0v) is 6.62. The number of hydrogen-bond donors (Lipinski definition) is 0. The highest BCUT2D eigenvalue weighted by Crippen LogP contribution is 2.20. The fraction of sp³-hybridized carbons (Fsp3) is 0.778.